The summed E-state index contributed by atoms with van der Waals surface area (Å²) < 4.78 is 14.5. The number of fused-ring (bicyclic) bond motifs is 1. The van der Waals surface area contributed by atoms with Crippen molar-refractivity contribution in [2.75, 3.05) is 11.9 Å². The van der Waals surface area contributed by atoms with Gasteiger partial charge < -0.3 is 11.1 Å². The quantitative estimate of drug-likeness (QED) is 0.866. The summed E-state index contributed by atoms with van der Waals surface area (Å²) in [6.07, 6.45) is 5.73. The van der Waals surface area contributed by atoms with Crippen LogP contribution in [0.4, 0.5) is 10.3 Å². The van der Waals surface area contributed by atoms with Gasteiger partial charge >= 0.3 is 0 Å². The Bertz CT molecular complexity index is 559. The van der Waals surface area contributed by atoms with Gasteiger partial charge in [0, 0.05) is 6.54 Å². The molecule has 5 nitrogen and oxygen atoms in total. The van der Waals surface area contributed by atoms with Crippen LogP contribution in [-0.2, 0) is 0 Å². The molecular formula is C12H16FN5. The maximum Gasteiger partial charge on any atom is 0.243 e. The molecule has 0 amide bonds. The zero-order chi connectivity index (χ0) is 12.6. The molecule has 0 saturated heterocycles. The van der Waals surface area contributed by atoms with E-state index in [0.717, 1.165) is 12.8 Å². The van der Waals surface area contributed by atoms with E-state index in [-0.39, 0.29) is 11.4 Å². The van der Waals surface area contributed by atoms with E-state index in [2.05, 4.69) is 15.4 Å². The Morgan fingerprint density at radius 2 is 2.17 bits per heavy atom. The number of nitrogens with two attached hydrogens (primary N) is 1. The first-order valence-electron chi connectivity index (χ1n) is 6.21. The Balaban J connectivity index is 1.90. The van der Waals surface area contributed by atoms with Crippen LogP contribution in [0.25, 0.3) is 5.65 Å². The highest BCUT2D eigenvalue weighted by atomic mass is 19.1. The van der Waals surface area contributed by atoms with Gasteiger partial charge in [-0.3, -0.25) is 0 Å². The fourth-order valence-corrected chi connectivity index (χ4v) is 2.58. The Morgan fingerprint density at radius 1 is 1.39 bits per heavy atom. The lowest BCUT2D eigenvalue weighted by atomic mass is 9.98. The number of rotatable bonds is 3. The van der Waals surface area contributed by atoms with E-state index in [1.54, 1.807) is 6.07 Å². The topological polar surface area (TPSA) is 68.2 Å². The van der Waals surface area contributed by atoms with Crippen molar-refractivity contribution in [1.29, 1.82) is 0 Å². The summed E-state index contributed by atoms with van der Waals surface area (Å²) in [7, 11) is 0. The first-order valence-corrected chi connectivity index (χ1v) is 6.21. The van der Waals surface area contributed by atoms with Crippen molar-refractivity contribution in [3.05, 3.63) is 24.1 Å². The number of hydrogen-bond acceptors (Lipinski definition) is 4. The highest BCUT2D eigenvalue weighted by Crippen LogP contribution is 2.31. The van der Waals surface area contributed by atoms with Crippen LogP contribution >= 0.6 is 0 Å². The Morgan fingerprint density at radius 3 is 2.89 bits per heavy atom. The van der Waals surface area contributed by atoms with Crippen molar-refractivity contribution >= 4 is 11.6 Å². The van der Waals surface area contributed by atoms with E-state index in [4.69, 9.17) is 5.73 Å². The molecule has 0 bridgehead atoms. The molecule has 3 rings (SSSR count). The molecule has 1 aliphatic rings. The minimum absolute atomic E-state index is 0.0938. The van der Waals surface area contributed by atoms with Gasteiger partial charge in [-0.05, 0) is 25.0 Å². The van der Waals surface area contributed by atoms with E-state index in [1.165, 1.54) is 29.6 Å². The molecule has 6 heteroatoms. The van der Waals surface area contributed by atoms with Gasteiger partial charge in [0.15, 0.2) is 5.65 Å². The predicted molar refractivity (Wildman–Crippen MR) is 66.8 cm³/mol. The fourth-order valence-electron chi connectivity index (χ4n) is 2.58. The van der Waals surface area contributed by atoms with E-state index in [0.29, 0.717) is 18.1 Å². The summed E-state index contributed by atoms with van der Waals surface area (Å²) >= 11 is 0. The van der Waals surface area contributed by atoms with Crippen molar-refractivity contribution in [1.82, 2.24) is 14.6 Å². The molecule has 0 aliphatic heterocycles. The van der Waals surface area contributed by atoms with E-state index < -0.39 is 0 Å². The maximum atomic E-state index is 13.1. The van der Waals surface area contributed by atoms with Crippen LogP contribution < -0.4 is 11.1 Å². The van der Waals surface area contributed by atoms with Crippen LogP contribution in [0.3, 0.4) is 0 Å². The third-order valence-corrected chi connectivity index (χ3v) is 3.62. The molecule has 18 heavy (non-hydrogen) atoms. The summed E-state index contributed by atoms with van der Waals surface area (Å²) in [6, 6.07) is 2.99. The van der Waals surface area contributed by atoms with Crippen LogP contribution in [0.1, 0.15) is 25.7 Å². The van der Waals surface area contributed by atoms with Gasteiger partial charge in [0.05, 0.1) is 11.7 Å². The van der Waals surface area contributed by atoms with Crippen molar-refractivity contribution in [3.8, 4) is 0 Å². The second kappa shape index (κ2) is 4.20. The average molecular weight is 249 g/mol. The predicted octanol–water partition coefficient (Wildman–Crippen LogP) is 1.55. The molecule has 2 heterocycles. The zero-order valence-electron chi connectivity index (χ0n) is 10.1. The van der Waals surface area contributed by atoms with Crippen LogP contribution in [0.15, 0.2) is 18.3 Å². The monoisotopic (exact) mass is 249 g/mol. The number of nitrogens with zero attached hydrogens (tertiary/aromatic N) is 3. The molecule has 0 radical (unpaired) electrons. The molecule has 0 atom stereocenters. The van der Waals surface area contributed by atoms with Crippen LogP contribution in [-0.4, -0.2) is 26.7 Å². The smallest absolute Gasteiger partial charge is 0.243 e. The Kier molecular flexibility index (Phi) is 2.66. The first-order chi connectivity index (χ1) is 8.71. The van der Waals surface area contributed by atoms with Crippen LogP contribution in [0.2, 0.25) is 0 Å². The van der Waals surface area contributed by atoms with Gasteiger partial charge in [0.1, 0.15) is 5.82 Å². The van der Waals surface area contributed by atoms with Gasteiger partial charge in [-0.25, -0.2) is 8.91 Å². The molecule has 0 spiro atoms. The third-order valence-electron chi connectivity index (χ3n) is 3.62. The molecule has 1 aliphatic carbocycles. The fraction of sp³-hybridized carbons (Fsp3) is 0.500. The summed E-state index contributed by atoms with van der Waals surface area (Å²) in [5.74, 6) is 0.196. The van der Waals surface area contributed by atoms with Gasteiger partial charge in [-0.15, -0.1) is 5.10 Å². The highest BCUT2D eigenvalue weighted by molar-refractivity contribution is 5.44. The first kappa shape index (κ1) is 11.4. The summed E-state index contributed by atoms with van der Waals surface area (Å²) in [5.41, 5.74) is 6.39. The second-order valence-electron chi connectivity index (χ2n) is 4.90. The summed E-state index contributed by atoms with van der Waals surface area (Å²) in [6.45, 7) is 0.566. The molecule has 0 aromatic carbocycles. The van der Waals surface area contributed by atoms with Crippen molar-refractivity contribution in [2.45, 2.75) is 31.2 Å². The SMILES string of the molecule is NCC1(Nc2nc3ccc(F)cn3n2)CCCC1. The number of pyridine rings is 1. The standard InChI is InChI=1S/C12H16FN5/c13-9-3-4-10-15-11(17-18(10)7-9)16-12(8-14)5-1-2-6-12/h3-4,7H,1-2,5-6,8,14H2,(H,16,17). The molecule has 96 valence electrons. The number of aromatic nitrogens is 3. The largest absolute Gasteiger partial charge is 0.346 e. The highest BCUT2D eigenvalue weighted by Gasteiger charge is 2.33. The van der Waals surface area contributed by atoms with Crippen molar-refractivity contribution in [2.24, 2.45) is 5.73 Å². The van der Waals surface area contributed by atoms with Gasteiger partial charge in [-0.1, -0.05) is 12.8 Å². The van der Waals surface area contributed by atoms with Gasteiger partial charge in [-0.2, -0.15) is 4.98 Å². The molecule has 2 aromatic heterocycles. The lowest BCUT2D eigenvalue weighted by Gasteiger charge is -2.27. The summed E-state index contributed by atoms with van der Waals surface area (Å²) in [4.78, 5) is 4.33. The molecule has 1 saturated carbocycles. The number of halogens is 1. The summed E-state index contributed by atoms with van der Waals surface area (Å²) in [5, 5.41) is 7.55. The third kappa shape index (κ3) is 1.92. The number of hydrogen-bond donors (Lipinski definition) is 2. The van der Waals surface area contributed by atoms with Crippen molar-refractivity contribution < 1.29 is 4.39 Å². The van der Waals surface area contributed by atoms with Crippen LogP contribution in [0, 0.1) is 5.82 Å². The number of nitrogens with one attached hydrogen (secondary N) is 1. The Labute approximate surface area is 104 Å². The molecule has 2 aromatic rings. The molecule has 3 N–H and O–H groups in total. The second-order valence-corrected chi connectivity index (χ2v) is 4.90. The van der Waals surface area contributed by atoms with Crippen molar-refractivity contribution in [3.63, 3.8) is 0 Å². The number of anilines is 1. The van der Waals surface area contributed by atoms with Crippen LogP contribution in [0.5, 0.6) is 0 Å². The molecular weight excluding hydrogens is 233 g/mol. The zero-order valence-corrected chi connectivity index (χ0v) is 10.1. The normalized spacial score (nSPS) is 18.3. The molecule has 1 fully saturated rings. The van der Waals surface area contributed by atoms with E-state index in [9.17, 15) is 4.39 Å². The lowest BCUT2D eigenvalue weighted by molar-refractivity contribution is 0.489. The lowest BCUT2D eigenvalue weighted by Crippen LogP contribution is -2.43. The minimum Gasteiger partial charge on any atom is -0.346 e. The molecule has 0 unspecified atom stereocenters. The van der Waals surface area contributed by atoms with Gasteiger partial charge in [0.2, 0.25) is 5.95 Å². The average Bonchev–Trinajstić information content (AvgIpc) is 2.96. The van der Waals surface area contributed by atoms with Gasteiger partial charge in [0.25, 0.3) is 0 Å². The minimum atomic E-state index is -0.326. The maximum absolute atomic E-state index is 13.1. The van der Waals surface area contributed by atoms with E-state index >= 15 is 0 Å². The van der Waals surface area contributed by atoms with E-state index in [1.807, 2.05) is 0 Å². The Hall–Kier alpha value is -1.69.